The second-order valence-corrected chi connectivity index (χ2v) is 7.91. The third kappa shape index (κ3) is 3.48. The number of allylic oxidation sites excluding steroid dienone is 1. The van der Waals surface area contributed by atoms with E-state index in [4.69, 9.17) is 4.98 Å². The molecule has 0 fully saturated rings. The third-order valence-corrected chi connectivity index (χ3v) is 6.10. The van der Waals surface area contributed by atoms with Gasteiger partial charge in [0.15, 0.2) is 5.16 Å². The minimum Gasteiger partial charge on any atom is -0.283 e. The summed E-state index contributed by atoms with van der Waals surface area (Å²) in [6.07, 6.45) is 5.54. The minimum atomic E-state index is -0.0197. The SMILES string of the molecule is C=CCn1c(SCc2cnn(C)c2)nc2scc(-c3ccccc3)c2c1=O. The van der Waals surface area contributed by atoms with Crippen LogP contribution in [-0.4, -0.2) is 19.3 Å². The van der Waals surface area contributed by atoms with Gasteiger partial charge in [-0.15, -0.1) is 17.9 Å². The molecule has 0 N–H and O–H groups in total. The van der Waals surface area contributed by atoms with Crippen LogP contribution in [0.1, 0.15) is 5.56 Å². The number of thioether (sulfide) groups is 1. The Balaban J connectivity index is 1.79. The summed E-state index contributed by atoms with van der Waals surface area (Å²) in [6.45, 7) is 4.23. The molecular formula is C20H18N4OS2. The molecule has 27 heavy (non-hydrogen) atoms. The van der Waals surface area contributed by atoms with Crippen molar-refractivity contribution in [3.8, 4) is 11.1 Å². The average Bonchev–Trinajstić information content (AvgIpc) is 3.29. The fourth-order valence-corrected chi connectivity index (χ4v) is 4.84. The Morgan fingerprint density at radius 3 is 2.81 bits per heavy atom. The monoisotopic (exact) mass is 394 g/mol. The minimum absolute atomic E-state index is 0.0197. The number of benzene rings is 1. The number of hydrogen-bond acceptors (Lipinski definition) is 5. The lowest BCUT2D eigenvalue weighted by molar-refractivity contribution is 0.673. The van der Waals surface area contributed by atoms with Crippen molar-refractivity contribution in [2.45, 2.75) is 17.5 Å². The Morgan fingerprint density at radius 2 is 2.11 bits per heavy atom. The van der Waals surface area contributed by atoms with Crippen molar-refractivity contribution in [2.24, 2.45) is 7.05 Å². The molecule has 4 aromatic rings. The second kappa shape index (κ2) is 7.54. The van der Waals surface area contributed by atoms with Gasteiger partial charge in [0.05, 0.1) is 11.6 Å². The molecule has 0 atom stereocenters. The van der Waals surface area contributed by atoms with Crippen molar-refractivity contribution in [1.29, 1.82) is 0 Å². The molecular weight excluding hydrogens is 376 g/mol. The van der Waals surface area contributed by atoms with Gasteiger partial charge in [-0.3, -0.25) is 14.0 Å². The van der Waals surface area contributed by atoms with Gasteiger partial charge in [-0.05, 0) is 5.56 Å². The molecule has 7 heteroatoms. The zero-order valence-corrected chi connectivity index (χ0v) is 16.5. The van der Waals surface area contributed by atoms with Gasteiger partial charge in [0, 0.05) is 42.0 Å². The van der Waals surface area contributed by atoms with E-state index in [-0.39, 0.29) is 5.56 Å². The van der Waals surface area contributed by atoms with Crippen LogP contribution in [0, 0.1) is 0 Å². The van der Waals surface area contributed by atoms with Gasteiger partial charge in [0.2, 0.25) is 0 Å². The van der Waals surface area contributed by atoms with Crippen LogP contribution in [0.25, 0.3) is 21.3 Å². The van der Waals surface area contributed by atoms with Crippen molar-refractivity contribution in [3.05, 3.63) is 76.7 Å². The summed E-state index contributed by atoms with van der Waals surface area (Å²) in [7, 11) is 1.89. The lowest BCUT2D eigenvalue weighted by Crippen LogP contribution is -2.22. The molecule has 0 unspecified atom stereocenters. The highest BCUT2D eigenvalue weighted by molar-refractivity contribution is 7.98. The van der Waals surface area contributed by atoms with E-state index in [1.807, 2.05) is 55.2 Å². The Labute approximate surface area is 165 Å². The number of nitrogens with zero attached hydrogens (tertiary/aromatic N) is 4. The summed E-state index contributed by atoms with van der Waals surface area (Å²) in [5.41, 5.74) is 3.05. The zero-order chi connectivity index (χ0) is 18.8. The molecule has 3 aromatic heterocycles. The third-order valence-electron chi connectivity index (χ3n) is 4.18. The molecule has 0 saturated carbocycles. The Kier molecular flexibility index (Phi) is 4.96. The van der Waals surface area contributed by atoms with Crippen molar-refractivity contribution in [3.63, 3.8) is 0 Å². The first-order valence-corrected chi connectivity index (χ1v) is 10.3. The van der Waals surface area contributed by atoms with Crippen LogP contribution in [0.2, 0.25) is 0 Å². The summed E-state index contributed by atoms with van der Waals surface area (Å²) in [5.74, 6) is 0.708. The van der Waals surface area contributed by atoms with Gasteiger partial charge in [-0.1, -0.05) is 48.2 Å². The summed E-state index contributed by atoms with van der Waals surface area (Å²) in [5, 5.41) is 7.59. The summed E-state index contributed by atoms with van der Waals surface area (Å²) in [4.78, 5) is 18.8. The van der Waals surface area contributed by atoms with Crippen LogP contribution in [0.4, 0.5) is 0 Å². The van der Waals surface area contributed by atoms with Crippen LogP contribution in [-0.2, 0) is 19.3 Å². The van der Waals surface area contributed by atoms with Crippen LogP contribution in [0.5, 0.6) is 0 Å². The largest absolute Gasteiger partial charge is 0.283 e. The quantitative estimate of drug-likeness (QED) is 0.277. The molecule has 0 amide bonds. The maximum atomic E-state index is 13.3. The molecule has 0 radical (unpaired) electrons. The molecule has 0 spiro atoms. The maximum absolute atomic E-state index is 13.3. The van der Waals surface area contributed by atoms with Gasteiger partial charge in [0.1, 0.15) is 4.83 Å². The molecule has 0 saturated heterocycles. The number of thiophene rings is 1. The highest BCUT2D eigenvalue weighted by Gasteiger charge is 2.17. The summed E-state index contributed by atoms with van der Waals surface area (Å²) in [6, 6.07) is 9.96. The standard InChI is InChI=1S/C20H18N4OS2/c1-3-9-24-19(25)17-16(15-7-5-4-6-8-15)13-26-18(17)22-20(24)27-12-14-10-21-23(2)11-14/h3-8,10-11,13H,1,9,12H2,2H3. The Morgan fingerprint density at radius 1 is 1.30 bits per heavy atom. The van der Waals surface area contributed by atoms with E-state index >= 15 is 0 Å². The first-order valence-electron chi connectivity index (χ1n) is 8.46. The smallest absolute Gasteiger partial charge is 0.263 e. The maximum Gasteiger partial charge on any atom is 0.263 e. The van der Waals surface area contributed by atoms with Crippen molar-refractivity contribution >= 4 is 33.3 Å². The Hall–Kier alpha value is -2.64. The van der Waals surface area contributed by atoms with Crippen molar-refractivity contribution < 1.29 is 0 Å². The van der Waals surface area contributed by atoms with Gasteiger partial charge in [-0.25, -0.2) is 4.98 Å². The molecule has 136 valence electrons. The molecule has 4 rings (SSSR count). The number of aryl methyl sites for hydroxylation is 1. The van der Waals surface area contributed by atoms with E-state index in [9.17, 15) is 4.79 Å². The summed E-state index contributed by atoms with van der Waals surface area (Å²) >= 11 is 3.05. The Bertz CT molecular complexity index is 1160. The van der Waals surface area contributed by atoms with Crippen LogP contribution >= 0.6 is 23.1 Å². The van der Waals surface area contributed by atoms with E-state index in [2.05, 4.69) is 11.7 Å². The fourth-order valence-electron chi connectivity index (χ4n) is 2.93. The first kappa shape index (κ1) is 17.8. The van der Waals surface area contributed by atoms with E-state index in [1.54, 1.807) is 27.1 Å². The normalized spacial score (nSPS) is 11.1. The van der Waals surface area contributed by atoms with E-state index in [0.717, 1.165) is 21.5 Å². The summed E-state index contributed by atoms with van der Waals surface area (Å²) < 4.78 is 3.48. The van der Waals surface area contributed by atoms with Crippen LogP contribution in [0.15, 0.2) is 70.7 Å². The number of fused-ring (bicyclic) bond motifs is 1. The number of aromatic nitrogens is 4. The molecule has 0 aliphatic heterocycles. The molecule has 0 aliphatic carbocycles. The van der Waals surface area contributed by atoms with Crippen LogP contribution in [0.3, 0.4) is 0 Å². The topological polar surface area (TPSA) is 52.7 Å². The number of rotatable bonds is 6. The van der Waals surface area contributed by atoms with Gasteiger partial charge < -0.3 is 0 Å². The lowest BCUT2D eigenvalue weighted by Gasteiger charge is -2.10. The molecule has 0 bridgehead atoms. The lowest BCUT2D eigenvalue weighted by atomic mass is 10.1. The average molecular weight is 395 g/mol. The molecule has 3 heterocycles. The van der Waals surface area contributed by atoms with E-state index in [0.29, 0.717) is 22.8 Å². The predicted octanol–water partition coefficient (Wildman–Crippen LogP) is 4.34. The van der Waals surface area contributed by atoms with Gasteiger partial charge in [-0.2, -0.15) is 5.10 Å². The van der Waals surface area contributed by atoms with Crippen molar-refractivity contribution in [1.82, 2.24) is 19.3 Å². The van der Waals surface area contributed by atoms with Crippen molar-refractivity contribution in [2.75, 3.05) is 0 Å². The molecule has 1 aromatic carbocycles. The second-order valence-electron chi connectivity index (χ2n) is 6.11. The molecule has 0 aliphatic rings. The van der Waals surface area contributed by atoms with Gasteiger partial charge in [0.25, 0.3) is 5.56 Å². The van der Waals surface area contributed by atoms with Crippen LogP contribution < -0.4 is 5.56 Å². The highest BCUT2D eigenvalue weighted by atomic mass is 32.2. The highest BCUT2D eigenvalue weighted by Crippen LogP contribution is 2.32. The first-order chi connectivity index (χ1) is 13.2. The van der Waals surface area contributed by atoms with E-state index < -0.39 is 0 Å². The van der Waals surface area contributed by atoms with Gasteiger partial charge >= 0.3 is 0 Å². The fraction of sp³-hybridized carbons (Fsp3) is 0.150. The zero-order valence-electron chi connectivity index (χ0n) is 14.8. The molecule has 5 nitrogen and oxygen atoms in total. The van der Waals surface area contributed by atoms with E-state index in [1.165, 1.54) is 11.3 Å². The predicted molar refractivity (Wildman–Crippen MR) is 112 cm³/mol. The number of hydrogen-bond donors (Lipinski definition) is 0.